The number of urea groups is 1. The number of benzene rings is 3. The number of imide groups is 2. The number of barbiturate groups is 1. The quantitative estimate of drug-likeness (QED) is 0.370. The highest BCUT2D eigenvalue weighted by molar-refractivity contribution is 9.10. The van der Waals surface area contributed by atoms with Crippen LogP contribution in [-0.2, 0) is 16.2 Å². The summed E-state index contributed by atoms with van der Waals surface area (Å²) in [4.78, 5) is 38.4. The van der Waals surface area contributed by atoms with E-state index in [-0.39, 0.29) is 5.57 Å². The maximum Gasteiger partial charge on any atom is 0.335 e. The molecule has 8 heteroatoms. The molecule has 0 unspecified atom stereocenters. The van der Waals surface area contributed by atoms with Gasteiger partial charge in [-0.25, -0.2) is 9.69 Å². The Labute approximate surface area is 197 Å². The van der Waals surface area contributed by atoms with Crippen molar-refractivity contribution in [1.29, 1.82) is 0 Å². The normalized spacial score (nSPS) is 15.1. The van der Waals surface area contributed by atoms with Crippen LogP contribution in [0.5, 0.6) is 5.75 Å². The van der Waals surface area contributed by atoms with E-state index < -0.39 is 17.8 Å². The Morgan fingerprint density at radius 1 is 0.906 bits per heavy atom. The molecular weight excluding hydrogens is 496 g/mol. The smallest absolute Gasteiger partial charge is 0.335 e. The highest BCUT2D eigenvalue weighted by Crippen LogP contribution is 2.24. The lowest BCUT2D eigenvalue weighted by Gasteiger charge is -2.26. The molecule has 0 bridgehead atoms. The maximum absolute atomic E-state index is 12.9. The van der Waals surface area contributed by atoms with Gasteiger partial charge in [-0.05, 0) is 65.7 Å². The van der Waals surface area contributed by atoms with Crippen molar-refractivity contribution in [2.75, 3.05) is 4.90 Å². The minimum absolute atomic E-state index is 0.150. The van der Waals surface area contributed by atoms with Gasteiger partial charge in [0.2, 0.25) is 0 Å². The third-order valence-electron chi connectivity index (χ3n) is 4.70. The minimum Gasteiger partial charge on any atom is -0.489 e. The second-order valence-corrected chi connectivity index (χ2v) is 8.27. The topological polar surface area (TPSA) is 75.7 Å². The molecule has 1 saturated heterocycles. The van der Waals surface area contributed by atoms with Gasteiger partial charge in [-0.3, -0.25) is 14.9 Å². The molecule has 4 amide bonds. The van der Waals surface area contributed by atoms with Crippen LogP contribution in [0.25, 0.3) is 6.08 Å². The molecule has 4 rings (SSSR count). The number of halogens is 2. The van der Waals surface area contributed by atoms with Gasteiger partial charge in [0.1, 0.15) is 17.9 Å². The first kappa shape index (κ1) is 21.8. The third kappa shape index (κ3) is 4.90. The molecule has 6 nitrogen and oxygen atoms in total. The number of ether oxygens (including phenoxy) is 1. The molecule has 32 heavy (non-hydrogen) atoms. The SMILES string of the molecule is O=C1NC(=O)N(c2ccc(Cl)cc2)C(=O)C1=Cc1ccc(OCc2ccc(Br)cc2)cc1. The van der Waals surface area contributed by atoms with Crippen LogP contribution >= 0.6 is 27.5 Å². The van der Waals surface area contributed by atoms with E-state index in [9.17, 15) is 14.4 Å². The van der Waals surface area contributed by atoms with Gasteiger partial charge in [-0.15, -0.1) is 0 Å². The lowest BCUT2D eigenvalue weighted by Crippen LogP contribution is -2.54. The lowest BCUT2D eigenvalue weighted by atomic mass is 10.1. The van der Waals surface area contributed by atoms with E-state index in [4.69, 9.17) is 16.3 Å². The molecule has 0 atom stereocenters. The largest absolute Gasteiger partial charge is 0.489 e. The van der Waals surface area contributed by atoms with Crippen LogP contribution in [0.3, 0.4) is 0 Å². The molecule has 0 aromatic heterocycles. The van der Waals surface area contributed by atoms with Crippen LogP contribution in [0, 0.1) is 0 Å². The fourth-order valence-electron chi connectivity index (χ4n) is 3.06. The average molecular weight is 512 g/mol. The summed E-state index contributed by atoms with van der Waals surface area (Å²) < 4.78 is 6.77. The van der Waals surface area contributed by atoms with Gasteiger partial charge < -0.3 is 4.74 Å². The number of hydrogen-bond donors (Lipinski definition) is 1. The van der Waals surface area contributed by atoms with Crippen molar-refractivity contribution < 1.29 is 19.1 Å². The second-order valence-electron chi connectivity index (χ2n) is 6.92. The molecule has 3 aromatic carbocycles. The standard InChI is InChI=1S/C24H16BrClN2O4/c25-17-5-1-16(2-6-17)14-32-20-11-3-15(4-12-20)13-21-22(29)27-24(31)28(23(21)30)19-9-7-18(26)8-10-19/h1-13H,14H2,(H,27,29,31). The number of nitrogens with zero attached hydrogens (tertiary/aromatic N) is 1. The summed E-state index contributed by atoms with van der Waals surface area (Å²) in [5.74, 6) is -0.815. The fourth-order valence-corrected chi connectivity index (χ4v) is 3.45. The van der Waals surface area contributed by atoms with Crippen LogP contribution in [0.1, 0.15) is 11.1 Å². The van der Waals surface area contributed by atoms with Crippen molar-refractivity contribution in [1.82, 2.24) is 5.32 Å². The molecule has 1 N–H and O–H groups in total. The number of amides is 4. The van der Waals surface area contributed by atoms with Crippen molar-refractivity contribution in [3.05, 3.63) is 99.0 Å². The first-order valence-electron chi connectivity index (χ1n) is 9.55. The highest BCUT2D eigenvalue weighted by Gasteiger charge is 2.36. The van der Waals surface area contributed by atoms with Crippen LogP contribution < -0.4 is 15.0 Å². The Hall–Kier alpha value is -3.42. The highest BCUT2D eigenvalue weighted by atomic mass is 79.9. The van der Waals surface area contributed by atoms with E-state index in [0.717, 1.165) is 14.9 Å². The minimum atomic E-state index is -0.809. The molecule has 0 aliphatic carbocycles. The van der Waals surface area contributed by atoms with Crippen LogP contribution in [0.2, 0.25) is 5.02 Å². The molecule has 0 radical (unpaired) electrons. The molecule has 3 aromatic rings. The lowest BCUT2D eigenvalue weighted by molar-refractivity contribution is -0.122. The monoisotopic (exact) mass is 510 g/mol. The van der Waals surface area contributed by atoms with Crippen molar-refractivity contribution in [2.45, 2.75) is 6.61 Å². The molecule has 1 heterocycles. The fraction of sp³-hybridized carbons (Fsp3) is 0.0417. The van der Waals surface area contributed by atoms with E-state index >= 15 is 0 Å². The number of carbonyl (C=O) groups excluding carboxylic acids is 3. The van der Waals surface area contributed by atoms with Gasteiger partial charge in [0, 0.05) is 9.50 Å². The van der Waals surface area contributed by atoms with Crippen molar-refractivity contribution in [3.63, 3.8) is 0 Å². The number of rotatable bonds is 5. The van der Waals surface area contributed by atoms with Crippen LogP contribution in [0.15, 0.2) is 82.8 Å². The van der Waals surface area contributed by atoms with E-state index in [1.165, 1.54) is 18.2 Å². The van der Waals surface area contributed by atoms with Gasteiger partial charge in [0.05, 0.1) is 5.69 Å². The number of carbonyl (C=O) groups is 3. The summed E-state index contributed by atoms with van der Waals surface area (Å²) in [5, 5.41) is 2.66. The Kier molecular flexibility index (Phi) is 6.39. The summed E-state index contributed by atoms with van der Waals surface area (Å²) in [6, 6.07) is 20.1. The predicted molar refractivity (Wildman–Crippen MR) is 125 cm³/mol. The molecule has 1 aliphatic heterocycles. The van der Waals surface area contributed by atoms with Crippen LogP contribution in [-0.4, -0.2) is 17.8 Å². The first-order valence-corrected chi connectivity index (χ1v) is 10.7. The summed E-state index contributed by atoms with van der Waals surface area (Å²) in [5.41, 5.74) is 1.80. The molecule has 1 aliphatic rings. The molecule has 1 fully saturated rings. The number of nitrogens with one attached hydrogen (secondary N) is 1. The predicted octanol–water partition coefficient (Wildman–Crippen LogP) is 5.35. The first-order chi connectivity index (χ1) is 15.4. The third-order valence-corrected chi connectivity index (χ3v) is 5.48. The maximum atomic E-state index is 12.9. The molecule has 160 valence electrons. The van der Waals surface area contributed by atoms with E-state index in [2.05, 4.69) is 21.2 Å². The average Bonchev–Trinajstić information content (AvgIpc) is 2.78. The van der Waals surface area contributed by atoms with Crippen molar-refractivity contribution in [3.8, 4) is 5.75 Å². The van der Waals surface area contributed by atoms with E-state index in [1.54, 1.807) is 36.4 Å². The molecule has 0 saturated carbocycles. The van der Waals surface area contributed by atoms with E-state index in [1.807, 2.05) is 24.3 Å². The van der Waals surface area contributed by atoms with Crippen molar-refractivity contribution in [2.24, 2.45) is 0 Å². The van der Waals surface area contributed by atoms with Gasteiger partial charge in [-0.2, -0.15) is 0 Å². The van der Waals surface area contributed by atoms with E-state index in [0.29, 0.717) is 28.6 Å². The Morgan fingerprint density at radius 2 is 1.56 bits per heavy atom. The zero-order valence-corrected chi connectivity index (χ0v) is 18.9. The second kappa shape index (κ2) is 9.38. The Bertz CT molecular complexity index is 1210. The summed E-state index contributed by atoms with van der Waals surface area (Å²) >= 11 is 9.27. The van der Waals surface area contributed by atoms with Gasteiger partial charge in [0.15, 0.2) is 0 Å². The number of hydrogen-bond acceptors (Lipinski definition) is 4. The number of anilines is 1. The van der Waals surface area contributed by atoms with Crippen LogP contribution in [0.4, 0.5) is 10.5 Å². The van der Waals surface area contributed by atoms with Gasteiger partial charge in [0.25, 0.3) is 11.8 Å². The summed E-state index contributed by atoms with van der Waals surface area (Å²) in [7, 11) is 0. The van der Waals surface area contributed by atoms with Crippen molar-refractivity contribution >= 4 is 57.1 Å². The Balaban J connectivity index is 1.50. The zero-order chi connectivity index (χ0) is 22.7. The van der Waals surface area contributed by atoms with Gasteiger partial charge >= 0.3 is 6.03 Å². The molecule has 0 spiro atoms. The summed E-state index contributed by atoms with van der Waals surface area (Å²) in [6.07, 6.45) is 1.44. The molecular formula is C24H16BrClN2O4. The zero-order valence-electron chi connectivity index (χ0n) is 16.5. The Morgan fingerprint density at radius 3 is 2.22 bits per heavy atom. The van der Waals surface area contributed by atoms with Gasteiger partial charge in [-0.1, -0.05) is 51.8 Å². The summed E-state index contributed by atoms with van der Waals surface area (Å²) in [6.45, 7) is 0.409.